The SMILES string of the molecule is O=CCCN1CCCC(F)(F)C1. The summed E-state index contributed by atoms with van der Waals surface area (Å²) in [4.78, 5) is 11.6. The molecule has 1 heterocycles. The van der Waals surface area contributed by atoms with Crippen molar-refractivity contribution in [3.63, 3.8) is 0 Å². The Bertz CT molecular complexity index is 161. The van der Waals surface area contributed by atoms with Gasteiger partial charge in [-0.05, 0) is 13.0 Å². The first-order chi connectivity index (χ1) is 5.64. The van der Waals surface area contributed by atoms with E-state index < -0.39 is 5.92 Å². The third kappa shape index (κ3) is 2.85. The highest BCUT2D eigenvalue weighted by molar-refractivity contribution is 5.49. The summed E-state index contributed by atoms with van der Waals surface area (Å²) in [6.45, 7) is 0.989. The van der Waals surface area contributed by atoms with Crippen molar-refractivity contribution in [1.29, 1.82) is 0 Å². The smallest absolute Gasteiger partial charge is 0.260 e. The molecule has 1 saturated heterocycles. The number of likely N-dealkylation sites (tertiary alicyclic amines) is 1. The Kier molecular flexibility index (Phi) is 3.14. The molecule has 0 aromatic carbocycles. The van der Waals surface area contributed by atoms with Gasteiger partial charge < -0.3 is 4.79 Å². The first-order valence-corrected chi connectivity index (χ1v) is 4.18. The van der Waals surface area contributed by atoms with Gasteiger partial charge in [0.05, 0.1) is 6.54 Å². The first-order valence-electron chi connectivity index (χ1n) is 4.18. The molecule has 0 atom stereocenters. The van der Waals surface area contributed by atoms with Gasteiger partial charge in [0.1, 0.15) is 6.29 Å². The largest absolute Gasteiger partial charge is 0.303 e. The fourth-order valence-electron chi connectivity index (χ4n) is 1.47. The van der Waals surface area contributed by atoms with E-state index in [9.17, 15) is 13.6 Å². The molecule has 0 N–H and O–H groups in total. The molecule has 0 bridgehead atoms. The third-order valence-corrected chi connectivity index (χ3v) is 2.03. The number of piperidine rings is 1. The second-order valence-electron chi connectivity index (χ2n) is 3.19. The number of carbonyl (C=O) groups is 1. The van der Waals surface area contributed by atoms with Crippen molar-refractivity contribution in [2.24, 2.45) is 0 Å². The lowest BCUT2D eigenvalue weighted by Crippen LogP contribution is -2.42. The molecular formula is C8H13F2NO. The minimum atomic E-state index is -2.54. The Morgan fingerprint density at radius 2 is 2.25 bits per heavy atom. The Morgan fingerprint density at radius 3 is 2.83 bits per heavy atom. The van der Waals surface area contributed by atoms with E-state index in [2.05, 4.69) is 0 Å². The Hall–Kier alpha value is -0.510. The molecule has 12 heavy (non-hydrogen) atoms. The number of hydrogen-bond donors (Lipinski definition) is 0. The Morgan fingerprint density at radius 1 is 1.50 bits per heavy atom. The summed E-state index contributed by atoms with van der Waals surface area (Å²) in [6, 6.07) is 0. The molecule has 0 aromatic rings. The number of hydrogen-bond acceptors (Lipinski definition) is 2. The van der Waals surface area contributed by atoms with Crippen LogP contribution in [0.25, 0.3) is 0 Å². The maximum absolute atomic E-state index is 12.8. The molecule has 1 aliphatic rings. The van der Waals surface area contributed by atoms with Crippen LogP contribution in [0.4, 0.5) is 8.78 Å². The van der Waals surface area contributed by atoms with Gasteiger partial charge in [-0.3, -0.25) is 4.90 Å². The Balaban J connectivity index is 2.31. The van der Waals surface area contributed by atoms with Gasteiger partial charge in [-0.25, -0.2) is 8.78 Å². The molecule has 0 unspecified atom stereocenters. The average Bonchev–Trinajstić information content (AvgIpc) is 1.99. The molecule has 70 valence electrons. The van der Waals surface area contributed by atoms with E-state index in [0.29, 0.717) is 25.9 Å². The van der Waals surface area contributed by atoms with Crippen LogP contribution < -0.4 is 0 Å². The van der Waals surface area contributed by atoms with Gasteiger partial charge >= 0.3 is 0 Å². The molecule has 0 radical (unpaired) electrons. The van der Waals surface area contributed by atoms with Gasteiger partial charge in [-0.15, -0.1) is 0 Å². The standard InChI is InChI=1S/C8H13F2NO/c9-8(10)3-1-4-11(7-8)5-2-6-12/h6H,1-5,7H2. The van der Waals surface area contributed by atoms with Crippen LogP contribution in [0.15, 0.2) is 0 Å². The van der Waals surface area contributed by atoms with Crippen LogP contribution in [0.5, 0.6) is 0 Å². The van der Waals surface area contributed by atoms with Gasteiger partial charge in [0, 0.05) is 19.4 Å². The summed E-state index contributed by atoms with van der Waals surface area (Å²) < 4.78 is 25.5. The zero-order valence-electron chi connectivity index (χ0n) is 6.93. The number of halogens is 2. The molecule has 0 aromatic heterocycles. The van der Waals surface area contributed by atoms with Crippen LogP contribution in [-0.2, 0) is 4.79 Å². The van der Waals surface area contributed by atoms with Crippen molar-refractivity contribution in [2.45, 2.75) is 25.2 Å². The average molecular weight is 177 g/mol. The van der Waals surface area contributed by atoms with Gasteiger partial charge in [-0.2, -0.15) is 0 Å². The molecule has 0 amide bonds. The lowest BCUT2D eigenvalue weighted by Gasteiger charge is -2.31. The highest BCUT2D eigenvalue weighted by Crippen LogP contribution is 2.26. The van der Waals surface area contributed by atoms with Crippen molar-refractivity contribution < 1.29 is 13.6 Å². The van der Waals surface area contributed by atoms with Crippen LogP contribution in [0.2, 0.25) is 0 Å². The van der Waals surface area contributed by atoms with Crippen LogP contribution in [0, 0.1) is 0 Å². The fourth-order valence-corrected chi connectivity index (χ4v) is 1.47. The van der Waals surface area contributed by atoms with Crippen LogP contribution in [-0.4, -0.2) is 36.7 Å². The Labute approximate surface area is 70.5 Å². The van der Waals surface area contributed by atoms with Crippen LogP contribution in [0.1, 0.15) is 19.3 Å². The van der Waals surface area contributed by atoms with Crippen LogP contribution in [0.3, 0.4) is 0 Å². The number of aldehydes is 1. The summed E-state index contributed by atoms with van der Waals surface area (Å²) in [5, 5.41) is 0. The van der Waals surface area contributed by atoms with Gasteiger partial charge in [0.25, 0.3) is 5.92 Å². The predicted molar refractivity (Wildman–Crippen MR) is 41.3 cm³/mol. The molecule has 2 nitrogen and oxygen atoms in total. The van der Waals surface area contributed by atoms with E-state index in [1.807, 2.05) is 0 Å². The second kappa shape index (κ2) is 3.94. The highest BCUT2D eigenvalue weighted by atomic mass is 19.3. The minimum absolute atomic E-state index is 0.00934. The topological polar surface area (TPSA) is 20.3 Å². The van der Waals surface area contributed by atoms with E-state index in [1.165, 1.54) is 0 Å². The monoisotopic (exact) mass is 177 g/mol. The summed E-state index contributed by atoms with van der Waals surface area (Å²) in [5.41, 5.74) is 0. The fraction of sp³-hybridized carbons (Fsp3) is 0.875. The third-order valence-electron chi connectivity index (χ3n) is 2.03. The molecular weight excluding hydrogens is 164 g/mol. The summed E-state index contributed by atoms with van der Waals surface area (Å²) in [7, 11) is 0. The second-order valence-corrected chi connectivity index (χ2v) is 3.19. The van der Waals surface area contributed by atoms with Crippen molar-refractivity contribution in [2.75, 3.05) is 19.6 Å². The molecule has 0 aliphatic carbocycles. The minimum Gasteiger partial charge on any atom is -0.303 e. The van der Waals surface area contributed by atoms with Crippen LogP contribution >= 0.6 is 0 Å². The maximum Gasteiger partial charge on any atom is 0.260 e. The van der Waals surface area contributed by atoms with E-state index in [-0.39, 0.29) is 13.0 Å². The lowest BCUT2D eigenvalue weighted by molar-refractivity contribution is -0.109. The molecule has 4 heteroatoms. The number of rotatable bonds is 3. The van der Waals surface area contributed by atoms with E-state index in [4.69, 9.17) is 0 Å². The molecule has 1 fully saturated rings. The van der Waals surface area contributed by atoms with Gasteiger partial charge in [0.15, 0.2) is 0 Å². The van der Waals surface area contributed by atoms with Crippen molar-refractivity contribution in [1.82, 2.24) is 4.90 Å². The van der Waals surface area contributed by atoms with E-state index >= 15 is 0 Å². The number of nitrogens with zero attached hydrogens (tertiary/aromatic N) is 1. The zero-order valence-corrected chi connectivity index (χ0v) is 6.93. The lowest BCUT2D eigenvalue weighted by atomic mass is 10.1. The summed E-state index contributed by atoms with van der Waals surface area (Å²) in [5.74, 6) is -2.54. The zero-order chi connectivity index (χ0) is 9.03. The van der Waals surface area contributed by atoms with Crippen molar-refractivity contribution in [3.8, 4) is 0 Å². The van der Waals surface area contributed by atoms with Gasteiger partial charge in [0.2, 0.25) is 0 Å². The van der Waals surface area contributed by atoms with E-state index in [0.717, 1.165) is 6.29 Å². The number of alkyl halides is 2. The molecule has 0 saturated carbocycles. The van der Waals surface area contributed by atoms with E-state index in [1.54, 1.807) is 4.90 Å². The first kappa shape index (κ1) is 9.58. The summed E-state index contributed by atoms with van der Waals surface area (Å²) >= 11 is 0. The molecule has 1 rings (SSSR count). The molecule has 0 spiro atoms. The molecule has 1 aliphatic heterocycles. The maximum atomic E-state index is 12.8. The van der Waals surface area contributed by atoms with Gasteiger partial charge in [-0.1, -0.05) is 0 Å². The number of carbonyl (C=O) groups excluding carboxylic acids is 1. The predicted octanol–water partition coefficient (Wildman–Crippen LogP) is 1.31. The highest BCUT2D eigenvalue weighted by Gasteiger charge is 2.34. The quantitative estimate of drug-likeness (QED) is 0.606. The normalized spacial score (nSPS) is 23.8. The van der Waals surface area contributed by atoms with Crippen molar-refractivity contribution in [3.05, 3.63) is 0 Å². The summed E-state index contributed by atoms with van der Waals surface area (Å²) in [6.07, 6.45) is 1.65. The van der Waals surface area contributed by atoms with Crippen molar-refractivity contribution >= 4 is 6.29 Å².